The molecule has 0 saturated carbocycles. The summed E-state index contributed by atoms with van der Waals surface area (Å²) in [6.45, 7) is 1.83. The lowest BCUT2D eigenvalue weighted by Crippen LogP contribution is -2.41. The second kappa shape index (κ2) is 9.21. The third-order valence-electron chi connectivity index (χ3n) is 3.98. The smallest absolute Gasteiger partial charge is 0.409 e. The van der Waals surface area contributed by atoms with E-state index in [-0.39, 0.29) is 16.2 Å². The summed E-state index contributed by atoms with van der Waals surface area (Å²) in [6, 6.07) is 20.8. The SMILES string of the molecule is Cc1ccc(S(=O)(=O)NNC(=O)c2ccccc2OC(=O)Nc2ccccc2)cc1. The molecule has 8 nitrogen and oxygen atoms in total. The summed E-state index contributed by atoms with van der Waals surface area (Å²) in [6.07, 6.45) is -0.790. The minimum absolute atomic E-state index is 0.000161. The van der Waals surface area contributed by atoms with E-state index in [0.29, 0.717) is 5.69 Å². The first-order valence-corrected chi connectivity index (χ1v) is 10.4. The van der Waals surface area contributed by atoms with Gasteiger partial charge in [0, 0.05) is 5.69 Å². The third-order valence-corrected chi connectivity index (χ3v) is 5.25. The number of hydrogen-bond acceptors (Lipinski definition) is 5. The molecule has 9 heteroatoms. The highest BCUT2D eigenvalue weighted by atomic mass is 32.2. The molecule has 0 heterocycles. The van der Waals surface area contributed by atoms with Gasteiger partial charge in [0.05, 0.1) is 10.5 Å². The van der Waals surface area contributed by atoms with Gasteiger partial charge < -0.3 is 4.74 Å². The molecule has 0 unspecified atom stereocenters. The standard InChI is InChI=1S/C21H19N3O5S/c1-15-11-13-17(14-12-15)30(27,28)24-23-20(25)18-9-5-6-10-19(18)29-21(26)22-16-7-3-2-4-8-16/h2-14,24H,1H3,(H,22,26)(H,23,25). The lowest BCUT2D eigenvalue weighted by atomic mass is 10.2. The number of amides is 2. The van der Waals surface area contributed by atoms with Gasteiger partial charge in [-0.15, -0.1) is 4.83 Å². The van der Waals surface area contributed by atoms with Gasteiger partial charge in [-0.25, -0.2) is 13.2 Å². The van der Waals surface area contributed by atoms with Crippen molar-refractivity contribution in [3.8, 4) is 5.75 Å². The Morgan fingerprint density at radius 3 is 2.17 bits per heavy atom. The largest absolute Gasteiger partial charge is 0.417 e. The number of hydrazine groups is 1. The minimum Gasteiger partial charge on any atom is -0.409 e. The molecule has 0 bridgehead atoms. The van der Waals surface area contributed by atoms with E-state index in [1.54, 1.807) is 54.6 Å². The fourth-order valence-electron chi connectivity index (χ4n) is 2.47. The summed E-state index contributed by atoms with van der Waals surface area (Å²) in [4.78, 5) is 26.6. The number of aryl methyl sites for hydroxylation is 1. The Kier molecular flexibility index (Phi) is 6.45. The summed E-state index contributed by atoms with van der Waals surface area (Å²) in [5.74, 6) is -0.813. The highest BCUT2D eigenvalue weighted by molar-refractivity contribution is 7.89. The van der Waals surface area contributed by atoms with Crippen LogP contribution in [0.15, 0.2) is 83.8 Å². The number of benzene rings is 3. The van der Waals surface area contributed by atoms with Crippen LogP contribution in [0.1, 0.15) is 15.9 Å². The molecule has 3 rings (SSSR count). The van der Waals surface area contributed by atoms with E-state index in [9.17, 15) is 18.0 Å². The normalized spacial score (nSPS) is 10.8. The molecule has 2 amide bonds. The number of carbonyl (C=O) groups excluding carboxylic acids is 2. The van der Waals surface area contributed by atoms with Crippen molar-refractivity contribution in [3.63, 3.8) is 0 Å². The maximum absolute atomic E-state index is 12.5. The number of rotatable bonds is 6. The van der Waals surface area contributed by atoms with Crippen LogP contribution in [0.3, 0.4) is 0 Å². The van der Waals surface area contributed by atoms with Crippen LogP contribution in [0.2, 0.25) is 0 Å². The quantitative estimate of drug-likeness (QED) is 0.525. The van der Waals surface area contributed by atoms with Gasteiger partial charge in [-0.1, -0.05) is 48.0 Å². The van der Waals surface area contributed by atoms with E-state index in [0.717, 1.165) is 5.56 Å². The van der Waals surface area contributed by atoms with Crippen LogP contribution in [0.25, 0.3) is 0 Å². The van der Waals surface area contributed by atoms with E-state index in [1.807, 2.05) is 11.8 Å². The number of hydrogen-bond donors (Lipinski definition) is 3. The number of carbonyl (C=O) groups is 2. The summed E-state index contributed by atoms with van der Waals surface area (Å²) < 4.78 is 29.9. The topological polar surface area (TPSA) is 114 Å². The zero-order valence-electron chi connectivity index (χ0n) is 16.0. The van der Waals surface area contributed by atoms with Crippen molar-refractivity contribution in [3.05, 3.63) is 90.0 Å². The van der Waals surface area contributed by atoms with Crippen molar-refractivity contribution in [1.29, 1.82) is 0 Å². The second-order valence-electron chi connectivity index (χ2n) is 6.25. The van der Waals surface area contributed by atoms with Crippen molar-refractivity contribution in [2.24, 2.45) is 0 Å². The van der Waals surface area contributed by atoms with Gasteiger partial charge in [0.25, 0.3) is 15.9 Å². The van der Waals surface area contributed by atoms with Crippen molar-refractivity contribution < 1.29 is 22.7 Å². The molecule has 0 fully saturated rings. The van der Waals surface area contributed by atoms with Crippen LogP contribution in [-0.2, 0) is 10.0 Å². The van der Waals surface area contributed by atoms with Gasteiger partial charge in [-0.2, -0.15) is 0 Å². The highest BCUT2D eigenvalue weighted by Gasteiger charge is 2.19. The van der Waals surface area contributed by atoms with E-state index in [1.165, 1.54) is 24.3 Å². The fourth-order valence-corrected chi connectivity index (χ4v) is 3.30. The molecule has 0 atom stereocenters. The Bertz CT molecular complexity index is 1150. The number of anilines is 1. The van der Waals surface area contributed by atoms with Gasteiger partial charge in [0.1, 0.15) is 5.75 Å². The van der Waals surface area contributed by atoms with E-state index >= 15 is 0 Å². The van der Waals surface area contributed by atoms with Crippen molar-refractivity contribution in [2.45, 2.75) is 11.8 Å². The lowest BCUT2D eigenvalue weighted by Gasteiger charge is -2.12. The van der Waals surface area contributed by atoms with Crippen molar-refractivity contribution in [2.75, 3.05) is 5.32 Å². The zero-order valence-corrected chi connectivity index (χ0v) is 16.8. The van der Waals surface area contributed by atoms with Crippen molar-refractivity contribution in [1.82, 2.24) is 10.3 Å². The van der Waals surface area contributed by atoms with Gasteiger partial charge >= 0.3 is 6.09 Å². The molecule has 0 aliphatic carbocycles. The minimum atomic E-state index is -3.96. The maximum atomic E-state index is 12.5. The Hall–Kier alpha value is -3.69. The molecule has 154 valence electrons. The zero-order chi connectivity index (χ0) is 21.6. The molecular weight excluding hydrogens is 406 g/mol. The first-order valence-electron chi connectivity index (χ1n) is 8.87. The molecule has 0 aromatic heterocycles. The van der Waals surface area contributed by atoms with E-state index in [2.05, 4.69) is 10.7 Å². The molecule has 3 N–H and O–H groups in total. The summed E-state index contributed by atoms with van der Waals surface area (Å²) in [5, 5.41) is 2.53. The van der Waals surface area contributed by atoms with Crippen LogP contribution in [-0.4, -0.2) is 20.4 Å². The Morgan fingerprint density at radius 2 is 1.47 bits per heavy atom. The number of sulfonamides is 1. The lowest BCUT2D eigenvalue weighted by molar-refractivity contribution is 0.0942. The van der Waals surface area contributed by atoms with Crippen LogP contribution in [0.5, 0.6) is 5.75 Å². The predicted octanol–water partition coefficient (Wildman–Crippen LogP) is 3.23. The first-order chi connectivity index (χ1) is 14.3. The molecular formula is C21H19N3O5S. The van der Waals surface area contributed by atoms with E-state index < -0.39 is 22.0 Å². The second-order valence-corrected chi connectivity index (χ2v) is 7.93. The van der Waals surface area contributed by atoms with Gasteiger partial charge in [0.15, 0.2) is 0 Å². The van der Waals surface area contributed by atoms with Crippen molar-refractivity contribution >= 4 is 27.7 Å². The van der Waals surface area contributed by atoms with Crippen LogP contribution < -0.4 is 20.3 Å². The summed E-state index contributed by atoms with van der Waals surface area (Å²) >= 11 is 0. The Balaban J connectivity index is 1.68. The molecule has 3 aromatic rings. The Labute approximate surface area is 173 Å². The molecule has 0 aliphatic rings. The maximum Gasteiger partial charge on any atom is 0.417 e. The number of nitrogens with one attached hydrogen (secondary N) is 3. The summed E-state index contributed by atoms with van der Waals surface area (Å²) in [7, 11) is -3.96. The van der Waals surface area contributed by atoms with Crippen LogP contribution >= 0.6 is 0 Å². The predicted molar refractivity (Wildman–Crippen MR) is 111 cm³/mol. The van der Waals surface area contributed by atoms with E-state index in [4.69, 9.17) is 4.74 Å². The van der Waals surface area contributed by atoms with Crippen LogP contribution in [0, 0.1) is 6.92 Å². The fraction of sp³-hybridized carbons (Fsp3) is 0.0476. The van der Waals surface area contributed by atoms with Gasteiger partial charge in [-0.3, -0.25) is 15.5 Å². The Morgan fingerprint density at radius 1 is 0.833 bits per heavy atom. The molecule has 3 aromatic carbocycles. The van der Waals surface area contributed by atoms with Crippen LogP contribution in [0.4, 0.5) is 10.5 Å². The number of para-hydroxylation sites is 2. The molecule has 0 saturated heterocycles. The highest BCUT2D eigenvalue weighted by Crippen LogP contribution is 2.19. The summed E-state index contributed by atoms with van der Waals surface area (Å²) in [5.41, 5.74) is 3.53. The average molecular weight is 425 g/mol. The molecule has 0 aliphatic heterocycles. The van der Waals surface area contributed by atoms with Gasteiger partial charge in [-0.05, 0) is 43.3 Å². The molecule has 0 spiro atoms. The molecule has 0 radical (unpaired) electrons. The number of ether oxygens (including phenoxy) is 1. The molecule has 30 heavy (non-hydrogen) atoms. The average Bonchev–Trinajstić information content (AvgIpc) is 2.73. The third kappa shape index (κ3) is 5.43. The monoisotopic (exact) mass is 425 g/mol. The first kappa shape index (κ1) is 21.0. The van der Waals surface area contributed by atoms with Gasteiger partial charge in [0.2, 0.25) is 0 Å².